The molecule has 24 heavy (non-hydrogen) atoms. The number of hydrogen-bond acceptors (Lipinski definition) is 7. The first-order valence-corrected chi connectivity index (χ1v) is 10.8. The number of aliphatic hydroxyl groups excluding tert-OH is 2. The van der Waals surface area contributed by atoms with Gasteiger partial charge in [0, 0.05) is 6.20 Å². The molecule has 6 N–H and O–H groups in total. The first-order chi connectivity index (χ1) is 11.2. The number of imidazole rings is 1. The van der Waals surface area contributed by atoms with Crippen molar-refractivity contribution in [2.45, 2.75) is 31.0 Å². The topological polar surface area (TPSA) is 132 Å². The molecule has 3 rings (SSSR count). The number of nitrogen functional groups attached to an aromatic ring is 2. The van der Waals surface area contributed by atoms with Crippen molar-refractivity contribution in [3.63, 3.8) is 0 Å². The van der Waals surface area contributed by atoms with Gasteiger partial charge in [0.1, 0.15) is 17.7 Å². The highest BCUT2D eigenvalue weighted by Gasteiger charge is 2.44. The normalized spacial score (nSPS) is 27.8. The predicted octanol–water partition coefficient (Wildman–Crippen LogP) is 0.314. The molecular weight excluding hydrogens is 329 g/mol. The molecular formula is C15H24N5O3P. The number of fused-ring (bicyclic) bond motifs is 1. The molecule has 3 heterocycles. The lowest BCUT2D eigenvalue weighted by molar-refractivity contribution is -0.0340. The number of aromatic nitrogens is 3. The predicted molar refractivity (Wildman–Crippen MR) is 97.6 cm³/mol. The Labute approximate surface area is 140 Å². The van der Waals surface area contributed by atoms with Gasteiger partial charge in [-0.1, -0.05) is 0 Å². The lowest BCUT2D eigenvalue weighted by Crippen LogP contribution is -2.32. The summed E-state index contributed by atoms with van der Waals surface area (Å²) in [6.45, 7) is 3.00. The molecule has 0 bridgehead atoms. The van der Waals surface area contributed by atoms with E-state index >= 15 is 0 Å². The number of hydrogen-bond donors (Lipinski definition) is 4. The third kappa shape index (κ3) is 3.02. The monoisotopic (exact) mass is 353 g/mol. The minimum Gasteiger partial charge on any atom is -0.397 e. The Kier molecular flexibility index (Phi) is 4.34. The van der Waals surface area contributed by atoms with E-state index in [9.17, 15) is 10.2 Å². The van der Waals surface area contributed by atoms with Gasteiger partial charge >= 0.3 is 0 Å². The zero-order valence-corrected chi connectivity index (χ0v) is 14.7. The molecule has 1 aliphatic heterocycles. The van der Waals surface area contributed by atoms with Gasteiger partial charge in [-0.05, 0) is 32.0 Å². The fourth-order valence-corrected chi connectivity index (χ4v) is 3.89. The van der Waals surface area contributed by atoms with E-state index in [2.05, 4.69) is 29.6 Å². The van der Waals surface area contributed by atoms with Crippen LogP contribution >= 0.6 is 6.89 Å². The highest BCUT2D eigenvalue weighted by Crippen LogP contribution is 2.40. The molecule has 0 radical (unpaired) electrons. The summed E-state index contributed by atoms with van der Waals surface area (Å²) in [7, 11) is 0. The molecule has 1 saturated heterocycles. The Morgan fingerprint density at radius 3 is 2.71 bits per heavy atom. The zero-order chi connectivity index (χ0) is 17.6. The van der Waals surface area contributed by atoms with Crippen LogP contribution in [0.3, 0.4) is 0 Å². The van der Waals surface area contributed by atoms with Crippen molar-refractivity contribution >= 4 is 36.0 Å². The molecule has 1 fully saturated rings. The van der Waals surface area contributed by atoms with Crippen LogP contribution in [0.1, 0.15) is 12.6 Å². The lowest BCUT2D eigenvalue weighted by Gasteiger charge is -2.19. The smallest absolute Gasteiger partial charge is 0.204 e. The quantitative estimate of drug-likeness (QED) is 0.582. The van der Waals surface area contributed by atoms with Crippen LogP contribution in [0.2, 0.25) is 0 Å². The summed E-state index contributed by atoms with van der Waals surface area (Å²) in [6.07, 6.45) is 3.73. The molecule has 0 aromatic carbocycles. The molecule has 0 saturated carbocycles. The van der Waals surface area contributed by atoms with Crippen molar-refractivity contribution in [1.82, 2.24) is 14.5 Å². The molecule has 132 valence electrons. The number of nitrogens with two attached hydrogens (primary N) is 2. The lowest BCUT2D eigenvalue weighted by atomic mass is 10.1. The summed E-state index contributed by atoms with van der Waals surface area (Å²) in [4.78, 5) is 8.44. The Morgan fingerprint density at radius 2 is 2.04 bits per heavy atom. The first-order valence-electron chi connectivity index (χ1n) is 7.76. The van der Waals surface area contributed by atoms with Gasteiger partial charge in [-0.2, -0.15) is 0 Å². The van der Waals surface area contributed by atoms with E-state index in [1.165, 1.54) is 4.57 Å². The maximum Gasteiger partial charge on any atom is 0.204 e. The Balaban J connectivity index is 1.92. The number of aliphatic hydroxyl groups is 2. The van der Waals surface area contributed by atoms with Crippen LogP contribution in [-0.4, -0.2) is 68.9 Å². The van der Waals surface area contributed by atoms with Gasteiger partial charge in [-0.3, -0.25) is 4.57 Å². The average molecular weight is 353 g/mol. The molecule has 4 atom stereocenters. The first kappa shape index (κ1) is 17.2. The number of anilines is 2. The van der Waals surface area contributed by atoms with Gasteiger partial charge in [0.15, 0.2) is 11.9 Å². The Morgan fingerprint density at radius 1 is 1.33 bits per heavy atom. The molecule has 0 amide bonds. The summed E-state index contributed by atoms with van der Waals surface area (Å²) in [5.74, 6) is 0.136. The number of rotatable bonds is 4. The van der Waals surface area contributed by atoms with Crippen LogP contribution in [0.15, 0.2) is 12.3 Å². The van der Waals surface area contributed by atoms with Crippen LogP contribution in [0.25, 0.3) is 11.2 Å². The van der Waals surface area contributed by atoms with Crippen LogP contribution < -0.4 is 11.5 Å². The van der Waals surface area contributed by atoms with Gasteiger partial charge < -0.3 is 26.4 Å². The van der Waals surface area contributed by atoms with E-state index in [1.807, 2.05) is 0 Å². The third-order valence-corrected chi connectivity index (χ3v) is 5.72. The number of nitrogens with zero attached hydrogens (tertiary/aromatic N) is 3. The molecule has 0 spiro atoms. The Bertz CT molecular complexity index is 802. The number of pyridine rings is 1. The van der Waals surface area contributed by atoms with E-state index in [1.54, 1.807) is 12.3 Å². The molecule has 2 aromatic heterocycles. The van der Waals surface area contributed by atoms with Gasteiger partial charge in [0.05, 0.1) is 11.8 Å². The number of ether oxygens (including phenoxy) is 1. The molecule has 1 aliphatic rings. The second-order valence-corrected chi connectivity index (χ2v) is 11.2. The van der Waals surface area contributed by atoms with Crippen LogP contribution in [0.5, 0.6) is 0 Å². The van der Waals surface area contributed by atoms with Gasteiger partial charge in [-0.15, -0.1) is 13.2 Å². The van der Waals surface area contributed by atoms with Crippen LogP contribution in [-0.2, 0) is 4.74 Å². The second kappa shape index (κ2) is 6.04. The fourth-order valence-electron chi connectivity index (χ4n) is 2.93. The van der Waals surface area contributed by atoms with E-state index < -0.39 is 31.4 Å². The third-order valence-electron chi connectivity index (χ3n) is 4.25. The second-order valence-electron chi connectivity index (χ2n) is 6.91. The summed E-state index contributed by atoms with van der Waals surface area (Å²) >= 11 is 0. The van der Waals surface area contributed by atoms with Crippen molar-refractivity contribution in [1.29, 1.82) is 0 Å². The maximum absolute atomic E-state index is 10.4. The summed E-state index contributed by atoms with van der Waals surface area (Å²) < 4.78 is 7.40. The van der Waals surface area contributed by atoms with Gasteiger partial charge in [0.25, 0.3) is 0 Å². The average Bonchev–Trinajstić information content (AvgIpc) is 2.96. The standard InChI is InChI=1S/C15H24N5O3P/c1-24(2,3)7-5-9-11(21)12(22)14(23-9)20-13-10(19-15(20)17)8(16)4-6-18-13/h4,6,9,11-12,14,21-22H,1,5,7H2,2-3H3,(H2,16,18)(H2,17,19)/t9?,11-,12-,14?/m1/s1. The van der Waals surface area contributed by atoms with Crippen molar-refractivity contribution < 1.29 is 14.9 Å². The minimum absolute atomic E-state index is 0.136. The van der Waals surface area contributed by atoms with Crippen molar-refractivity contribution in [2.75, 3.05) is 31.0 Å². The summed E-state index contributed by atoms with van der Waals surface area (Å²) in [5, 5.41) is 20.8. The Hall–Kier alpha value is -1.60. The maximum atomic E-state index is 10.4. The molecule has 9 heteroatoms. The van der Waals surface area contributed by atoms with Crippen molar-refractivity contribution in [2.24, 2.45) is 0 Å². The van der Waals surface area contributed by atoms with Crippen molar-refractivity contribution in [3.8, 4) is 0 Å². The molecule has 2 aromatic rings. The molecule has 2 unspecified atom stereocenters. The zero-order valence-electron chi connectivity index (χ0n) is 13.8. The van der Waals surface area contributed by atoms with Gasteiger partial charge in [-0.25, -0.2) is 9.97 Å². The summed E-state index contributed by atoms with van der Waals surface area (Å²) in [6, 6.07) is 1.63. The van der Waals surface area contributed by atoms with Gasteiger partial charge in [0.2, 0.25) is 5.95 Å². The molecule has 0 aliphatic carbocycles. The van der Waals surface area contributed by atoms with E-state index in [0.717, 1.165) is 6.16 Å². The fraction of sp³-hybridized carbons (Fsp3) is 0.533. The SMILES string of the molecule is C=P(C)(C)CCC1OC(n2c(N)nc3c(N)ccnc32)[C@H](O)[C@@H]1O. The van der Waals surface area contributed by atoms with Crippen LogP contribution in [0, 0.1) is 0 Å². The van der Waals surface area contributed by atoms with E-state index in [0.29, 0.717) is 23.3 Å². The highest BCUT2D eigenvalue weighted by molar-refractivity contribution is 7.72. The van der Waals surface area contributed by atoms with Crippen molar-refractivity contribution in [3.05, 3.63) is 12.3 Å². The summed E-state index contributed by atoms with van der Waals surface area (Å²) in [5.41, 5.74) is 13.2. The highest BCUT2D eigenvalue weighted by atomic mass is 31.2. The minimum atomic E-state index is -1.24. The van der Waals surface area contributed by atoms with Crippen LogP contribution in [0.4, 0.5) is 11.6 Å². The molecule has 8 nitrogen and oxygen atoms in total. The van der Waals surface area contributed by atoms with E-state index in [-0.39, 0.29) is 5.95 Å². The largest absolute Gasteiger partial charge is 0.397 e. The van der Waals surface area contributed by atoms with E-state index in [4.69, 9.17) is 16.2 Å².